The summed E-state index contributed by atoms with van der Waals surface area (Å²) < 4.78 is 11.8. The maximum absolute atomic E-state index is 13.9. The van der Waals surface area contributed by atoms with Gasteiger partial charge in [0, 0.05) is 36.2 Å². The topological polar surface area (TPSA) is 125 Å². The average Bonchev–Trinajstić information content (AvgIpc) is 3.64. The molecule has 0 saturated heterocycles. The van der Waals surface area contributed by atoms with E-state index < -0.39 is 30.1 Å². The summed E-state index contributed by atoms with van der Waals surface area (Å²) in [6.07, 6.45) is 4.90. The van der Waals surface area contributed by atoms with Crippen LogP contribution < -0.4 is 14.8 Å². The smallest absolute Gasteiger partial charge is 0.247 e. The summed E-state index contributed by atoms with van der Waals surface area (Å²) in [5.41, 5.74) is 3.23. The molecule has 2 aliphatic carbocycles. The Morgan fingerprint density at radius 3 is 2.56 bits per heavy atom. The Bertz CT molecular complexity index is 1320. The Balaban J connectivity index is 1.57. The van der Waals surface area contributed by atoms with Crippen LogP contribution >= 0.6 is 0 Å². The highest BCUT2D eigenvalue weighted by molar-refractivity contribution is 5.96. The van der Waals surface area contributed by atoms with Gasteiger partial charge >= 0.3 is 0 Å². The fourth-order valence-electron chi connectivity index (χ4n) is 6.39. The summed E-state index contributed by atoms with van der Waals surface area (Å²) in [6.45, 7) is 2.06. The first-order chi connectivity index (χ1) is 19.8. The third kappa shape index (κ3) is 5.87. The largest absolute Gasteiger partial charge is 0.493 e. The van der Waals surface area contributed by atoms with Crippen LogP contribution in [0.15, 0.2) is 48.0 Å². The number of nitrogens with one attached hydrogen (secondary N) is 1. The molecule has 2 aromatic rings. The van der Waals surface area contributed by atoms with Crippen LogP contribution in [0.25, 0.3) is 0 Å². The molecule has 0 bridgehead atoms. The molecular weight excluding hydrogens is 524 g/mol. The Labute approximate surface area is 240 Å². The number of hydrogen-bond acceptors (Lipinski definition) is 7. The van der Waals surface area contributed by atoms with Crippen molar-refractivity contribution in [1.82, 2.24) is 10.2 Å². The number of benzene rings is 2. The van der Waals surface area contributed by atoms with Crippen molar-refractivity contribution in [2.45, 2.75) is 69.7 Å². The molecule has 218 valence electrons. The van der Waals surface area contributed by atoms with Gasteiger partial charge in [-0.3, -0.25) is 14.4 Å². The van der Waals surface area contributed by atoms with E-state index >= 15 is 0 Å². The highest BCUT2D eigenvalue weighted by Crippen LogP contribution is 2.51. The molecule has 1 saturated carbocycles. The van der Waals surface area contributed by atoms with Crippen LogP contribution in [0.4, 0.5) is 0 Å². The first-order valence-corrected chi connectivity index (χ1v) is 14.3. The van der Waals surface area contributed by atoms with Gasteiger partial charge in [-0.15, -0.1) is 0 Å². The van der Waals surface area contributed by atoms with Crippen LogP contribution in [0.5, 0.6) is 11.5 Å². The summed E-state index contributed by atoms with van der Waals surface area (Å²) in [4.78, 5) is 40.8. The average molecular weight is 563 g/mol. The van der Waals surface area contributed by atoms with Crippen LogP contribution in [0.3, 0.4) is 0 Å². The second-order valence-corrected chi connectivity index (χ2v) is 11.3. The number of carbonyl (C=O) groups is 3. The van der Waals surface area contributed by atoms with Gasteiger partial charge in [-0.1, -0.05) is 42.7 Å². The number of hydrogen-bond donors (Lipinski definition) is 3. The summed E-state index contributed by atoms with van der Waals surface area (Å²) >= 11 is 0. The molecular formula is C32H38N2O7. The molecule has 3 aliphatic rings. The quantitative estimate of drug-likeness (QED) is 0.380. The maximum Gasteiger partial charge on any atom is 0.247 e. The van der Waals surface area contributed by atoms with Crippen LogP contribution in [0.2, 0.25) is 0 Å². The Morgan fingerprint density at radius 1 is 1.17 bits per heavy atom. The summed E-state index contributed by atoms with van der Waals surface area (Å²) in [6, 6.07) is 10.3. The van der Waals surface area contributed by atoms with Crippen molar-refractivity contribution < 1.29 is 34.1 Å². The lowest BCUT2D eigenvalue weighted by Gasteiger charge is -2.41. The van der Waals surface area contributed by atoms with E-state index in [4.69, 9.17) is 9.47 Å². The summed E-state index contributed by atoms with van der Waals surface area (Å²) in [7, 11) is 1.46. The number of amides is 2. The zero-order valence-electron chi connectivity index (χ0n) is 23.5. The zero-order valence-corrected chi connectivity index (χ0v) is 23.5. The van der Waals surface area contributed by atoms with Gasteiger partial charge in [-0.25, -0.2) is 0 Å². The van der Waals surface area contributed by atoms with Gasteiger partial charge in [0.2, 0.25) is 11.8 Å². The number of carbonyl (C=O) groups excluding carboxylic acids is 3. The van der Waals surface area contributed by atoms with Gasteiger partial charge in [0.25, 0.3) is 0 Å². The van der Waals surface area contributed by atoms with E-state index in [0.29, 0.717) is 46.8 Å². The monoisotopic (exact) mass is 562 g/mol. The number of aldehydes is 1. The van der Waals surface area contributed by atoms with Crippen molar-refractivity contribution in [2.75, 3.05) is 20.3 Å². The Kier molecular flexibility index (Phi) is 8.75. The Hall–Kier alpha value is -3.69. The number of fused-ring (bicyclic) bond motifs is 3. The molecule has 4 atom stereocenters. The molecule has 9 nitrogen and oxygen atoms in total. The fraction of sp³-hybridized carbons (Fsp3) is 0.469. The Morgan fingerprint density at radius 2 is 1.90 bits per heavy atom. The highest BCUT2D eigenvalue weighted by atomic mass is 16.5. The van der Waals surface area contributed by atoms with E-state index in [9.17, 15) is 24.6 Å². The lowest BCUT2D eigenvalue weighted by molar-refractivity contribution is -0.139. The number of methoxy groups -OCH3 is 1. The lowest BCUT2D eigenvalue weighted by Crippen LogP contribution is -2.55. The predicted molar refractivity (Wildman–Crippen MR) is 152 cm³/mol. The molecule has 9 heteroatoms. The minimum absolute atomic E-state index is 0.0416. The van der Waals surface area contributed by atoms with Crippen molar-refractivity contribution >= 4 is 18.1 Å². The molecule has 0 unspecified atom stereocenters. The normalized spacial score (nSPS) is 23.2. The van der Waals surface area contributed by atoms with Crippen LogP contribution in [-0.4, -0.2) is 71.7 Å². The number of ether oxygens (including phenoxy) is 2. The molecule has 0 aromatic heterocycles. The van der Waals surface area contributed by atoms with Gasteiger partial charge in [0.05, 0.1) is 25.7 Å². The number of aliphatic hydroxyl groups is 2. The standard InChI is InChI=1S/C32H38N2O7/c1-19-7-9-21(10-8-19)17-34(27(37)15-20-5-3-4-6-20)25-16-24(32(39)33-11-12-35)28-23-13-22(18-36)14-26(40-2)30(23)41-31(28)29(25)38/h7-10,13-14,16,18,20,25,28-29,31,35,38H,3-6,11-12,15,17H2,1-2H3,(H,33,39)/t25-,28+,29+,31+/m1/s1. The van der Waals surface area contributed by atoms with Crippen molar-refractivity contribution in [3.05, 3.63) is 70.3 Å². The van der Waals surface area contributed by atoms with Gasteiger partial charge in [0.1, 0.15) is 18.5 Å². The first kappa shape index (κ1) is 28.8. The second kappa shape index (κ2) is 12.4. The van der Waals surface area contributed by atoms with Crippen molar-refractivity contribution in [3.63, 3.8) is 0 Å². The van der Waals surface area contributed by atoms with Crippen molar-refractivity contribution in [2.24, 2.45) is 5.92 Å². The third-order valence-corrected chi connectivity index (χ3v) is 8.50. The minimum atomic E-state index is -1.16. The van der Waals surface area contributed by atoms with Gasteiger partial charge in [0.15, 0.2) is 11.5 Å². The predicted octanol–water partition coefficient (Wildman–Crippen LogP) is 3.05. The summed E-state index contributed by atoms with van der Waals surface area (Å²) in [5, 5.41) is 23.9. The molecule has 3 N–H and O–H groups in total. The minimum Gasteiger partial charge on any atom is -0.493 e. The van der Waals surface area contributed by atoms with Gasteiger partial charge in [-0.2, -0.15) is 0 Å². The SMILES string of the molecule is COc1cc(C=O)cc2c1O[C@@H]1[C@@H](O)[C@H](N(Cc3ccc(C)cc3)C(=O)CC3CCCC3)C=C(C(=O)NCCO)[C@H]21. The molecule has 41 heavy (non-hydrogen) atoms. The third-order valence-electron chi connectivity index (χ3n) is 8.50. The molecule has 2 aromatic carbocycles. The van der Waals surface area contributed by atoms with E-state index in [1.54, 1.807) is 23.1 Å². The molecule has 1 aliphatic heterocycles. The van der Waals surface area contributed by atoms with Crippen LogP contribution in [0.1, 0.15) is 65.1 Å². The van der Waals surface area contributed by atoms with Crippen molar-refractivity contribution in [3.8, 4) is 11.5 Å². The zero-order chi connectivity index (χ0) is 29.1. The van der Waals surface area contributed by atoms with Gasteiger partial charge in [-0.05, 0) is 49.5 Å². The van der Waals surface area contributed by atoms with Crippen LogP contribution in [0, 0.1) is 12.8 Å². The van der Waals surface area contributed by atoms with E-state index in [1.165, 1.54) is 7.11 Å². The van der Waals surface area contributed by atoms with Gasteiger partial charge < -0.3 is 29.9 Å². The molecule has 0 spiro atoms. The molecule has 0 radical (unpaired) electrons. The fourth-order valence-corrected chi connectivity index (χ4v) is 6.39. The summed E-state index contributed by atoms with van der Waals surface area (Å²) in [5.74, 6) is -0.234. The van der Waals surface area contributed by atoms with Crippen molar-refractivity contribution in [1.29, 1.82) is 0 Å². The lowest BCUT2D eigenvalue weighted by atomic mass is 9.77. The second-order valence-electron chi connectivity index (χ2n) is 11.3. The molecule has 2 amide bonds. The molecule has 5 rings (SSSR count). The highest BCUT2D eigenvalue weighted by Gasteiger charge is 2.51. The molecule has 1 heterocycles. The van der Waals surface area contributed by atoms with E-state index in [-0.39, 0.29) is 25.6 Å². The number of rotatable bonds is 10. The van der Waals surface area contributed by atoms with E-state index in [2.05, 4.69) is 5.32 Å². The van der Waals surface area contributed by atoms with Crippen LogP contribution in [-0.2, 0) is 16.1 Å². The number of aryl methyl sites for hydroxylation is 1. The van der Waals surface area contributed by atoms with E-state index in [1.807, 2.05) is 31.2 Å². The first-order valence-electron chi connectivity index (χ1n) is 14.3. The van der Waals surface area contributed by atoms with E-state index in [0.717, 1.165) is 36.8 Å². The number of nitrogens with zero attached hydrogens (tertiary/aromatic N) is 1. The maximum atomic E-state index is 13.9. The molecule has 1 fully saturated rings. The number of aliphatic hydroxyl groups excluding tert-OH is 2.